The zero-order valence-electron chi connectivity index (χ0n) is 37.5. The third-order valence-electron chi connectivity index (χ3n) is 10.2. The maximum Gasteiger partial charge on any atom is 0.306 e. The molecule has 8 nitrogen and oxygen atoms in total. The maximum absolute atomic E-state index is 12.7. The first-order chi connectivity index (χ1) is 27.6. The first-order valence-corrected chi connectivity index (χ1v) is 23.2. The smallest absolute Gasteiger partial charge is 0.306 e. The Morgan fingerprint density at radius 3 is 1.46 bits per heavy atom. The molecule has 0 aliphatic rings. The Morgan fingerprint density at radius 2 is 0.982 bits per heavy atom. The van der Waals surface area contributed by atoms with Crippen molar-refractivity contribution in [2.75, 3.05) is 41.0 Å². The molecule has 0 fully saturated rings. The van der Waals surface area contributed by atoms with Crippen LogP contribution in [0.1, 0.15) is 194 Å². The van der Waals surface area contributed by atoms with Gasteiger partial charge in [-0.05, 0) is 51.4 Å². The third kappa shape index (κ3) is 38.6. The number of aliphatic carboxylic acids is 1. The van der Waals surface area contributed by atoms with Crippen molar-refractivity contribution in [2.24, 2.45) is 0 Å². The SMILES string of the molecule is CC/C=C/C/C=C/C/C=C/C/C=C/CCCCCCCCC(=O)OCC(COCCC(C(=O)[O-])[N+](C)(C)C)OC(=O)CCCCCCCCCCCCCCCC. The second-order valence-corrected chi connectivity index (χ2v) is 16.6. The molecule has 0 saturated heterocycles. The van der Waals surface area contributed by atoms with Crippen LogP contribution in [0.15, 0.2) is 48.6 Å². The van der Waals surface area contributed by atoms with Crippen molar-refractivity contribution >= 4 is 17.9 Å². The first kappa shape index (κ1) is 54.3. The summed E-state index contributed by atoms with van der Waals surface area (Å²) < 4.78 is 17.2. The van der Waals surface area contributed by atoms with Gasteiger partial charge in [-0.25, -0.2) is 0 Å². The summed E-state index contributed by atoms with van der Waals surface area (Å²) in [7, 11) is 5.40. The van der Waals surface area contributed by atoms with Crippen LogP contribution in [0.25, 0.3) is 0 Å². The molecule has 0 aliphatic carbocycles. The first-order valence-electron chi connectivity index (χ1n) is 23.2. The predicted molar refractivity (Wildman–Crippen MR) is 236 cm³/mol. The number of esters is 2. The number of quaternary nitrogens is 1. The Kier molecular flexibility index (Phi) is 38.2. The van der Waals surface area contributed by atoms with Crippen molar-refractivity contribution in [3.8, 4) is 0 Å². The normalized spacial score (nSPS) is 13.4. The molecule has 0 aliphatic heterocycles. The van der Waals surface area contributed by atoms with Crippen LogP contribution < -0.4 is 5.11 Å². The van der Waals surface area contributed by atoms with Gasteiger partial charge < -0.3 is 28.6 Å². The zero-order chi connectivity index (χ0) is 42.1. The molecule has 330 valence electrons. The highest BCUT2D eigenvalue weighted by atomic mass is 16.6. The highest BCUT2D eigenvalue weighted by Crippen LogP contribution is 2.15. The van der Waals surface area contributed by atoms with Crippen molar-refractivity contribution in [2.45, 2.75) is 206 Å². The van der Waals surface area contributed by atoms with Gasteiger partial charge in [0, 0.05) is 19.3 Å². The number of unbranched alkanes of at least 4 members (excludes halogenated alkanes) is 19. The number of likely N-dealkylation sites (N-methyl/N-ethyl adjacent to an activating group) is 1. The topological polar surface area (TPSA) is 102 Å². The lowest BCUT2D eigenvalue weighted by molar-refractivity contribution is -0.889. The van der Waals surface area contributed by atoms with E-state index in [0.29, 0.717) is 12.8 Å². The molecule has 0 spiro atoms. The van der Waals surface area contributed by atoms with Crippen LogP contribution in [0, 0.1) is 0 Å². The highest BCUT2D eigenvalue weighted by Gasteiger charge is 2.25. The minimum Gasteiger partial charge on any atom is -0.544 e. The van der Waals surface area contributed by atoms with Gasteiger partial charge in [0.1, 0.15) is 12.6 Å². The fourth-order valence-corrected chi connectivity index (χ4v) is 6.65. The van der Waals surface area contributed by atoms with Crippen LogP contribution in [0.3, 0.4) is 0 Å². The third-order valence-corrected chi connectivity index (χ3v) is 10.2. The predicted octanol–water partition coefficient (Wildman–Crippen LogP) is 11.5. The van der Waals surface area contributed by atoms with Gasteiger partial charge in [0.25, 0.3) is 0 Å². The zero-order valence-corrected chi connectivity index (χ0v) is 37.5. The Labute approximate surface area is 350 Å². The van der Waals surface area contributed by atoms with E-state index in [1.165, 1.54) is 83.5 Å². The van der Waals surface area contributed by atoms with Crippen molar-refractivity contribution in [3.63, 3.8) is 0 Å². The van der Waals surface area contributed by atoms with Crippen molar-refractivity contribution < 1.29 is 38.2 Å². The summed E-state index contributed by atoms with van der Waals surface area (Å²) in [5.74, 6) is -1.75. The minimum atomic E-state index is -1.13. The fraction of sp³-hybridized carbons (Fsp3) is 0.776. The summed E-state index contributed by atoms with van der Waals surface area (Å²) >= 11 is 0. The number of carboxylic acids is 1. The Balaban J connectivity index is 4.32. The monoisotopic (exact) mass is 802 g/mol. The molecule has 0 radical (unpaired) electrons. The number of nitrogens with zero attached hydrogens (tertiary/aromatic N) is 1. The van der Waals surface area contributed by atoms with Gasteiger partial charge in [-0.15, -0.1) is 0 Å². The molecule has 57 heavy (non-hydrogen) atoms. The summed E-state index contributed by atoms with van der Waals surface area (Å²) in [6.07, 6.45) is 47.0. The van der Waals surface area contributed by atoms with Crippen molar-refractivity contribution in [1.29, 1.82) is 0 Å². The largest absolute Gasteiger partial charge is 0.544 e. The van der Waals surface area contributed by atoms with Crippen LogP contribution in [0.2, 0.25) is 0 Å². The molecule has 0 bridgehead atoms. The van der Waals surface area contributed by atoms with E-state index in [-0.39, 0.29) is 42.7 Å². The van der Waals surface area contributed by atoms with E-state index < -0.39 is 18.1 Å². The molecule has 0 aromatic carbocycles. The van der Waals surface area contributed by atoms with E-state index in [1.54, 1.807) is 21.1 Å². The number of hydrogen-bond acceptors (Lipinski definition) is 7. The minimum absolute atomic E-state index is 0.0373. The second-order valence-electron chi connectivity index (χ2n) is 16.6. The molecule has 0 amide bonds. The van der Waals surface area contributed by atoms with Crippen LogP contribution in [0.4, 0.5) is 0 Å². The van der Waals surface area contributed by atoms with Gasteiger partial charge in [0.2, 0.25) is 0 Å². The molecule has 0 N–H and O–H groups in total. The summed E-state index contributed by atoms with van der Waals surface area (Å²) in [6, 6.07) is -0.727. The number of carboxylic acid groups (broad SMARTS) is 1. The number of allylic oxidation sites excluding steroid dienone is 8. The molecular weight excluding hydrogens is 715 g/mol. The van der Waals surface area contributed by atoms with E-state index >= 15 is 0 Å². The summed E-state index contributed by atoms with van der Waals surface area (Å²) in [4.78, 5) is 36.9. The molecule has 8 heteroatoms. The quantitative estimate of drug-likeness (QED) is 0.0262. The second kappa shape index (κ2) is 40.1. The number of hydrogen-bond donors (Lipinski definition) is 0. The molecule has 0 aromatic heterocycles. The molecule has 0 saturated carbocycles. The average Bonchev–Trinajstić information content (AvgIpc) is 3.17. The lowest BCUT2D eigenvalue weighted by Gasteiger charge is -2.34. The molecule has 0 heterocycles. The number of carbonyl (C=O) groups is 3. The van der Waals surface area contributed by atoms with Crippen LogP contribution in [-0.4, -0.2) is 75.5 Å². The van der Waals surface area contributed by atoms with Gasteiger partial charge >= 0.3 is 11.9 Å². The summed E-state index contributed by atoms with van der Waals surface area (Å²) in [5, 5.41) is 11.6. The van der Waals surface area contributed by atoms with Gasteiger partial charge in [0.15, 0.2) is 6.10 Å². The Bertz CT molecular complexity index is 1070. The van der Waals surface area contributed by atoms with Gasteiger partial charge in [-0.1, -0.05) is 172 Å². The lowest BCUT2D eigenvalue weighted by Crippen LogP contribution is -2.55. The summed E-state index contributed by atoms with van der Waals surface area (Å²) in [5.41, 5.74) is 0. The fourth-order valence-electron chi connectivity index (χ4n) is 6.65. The summed E-state index contributed by atoms with van der Waals surface area (Å²) in [6.45, 7) is 4.54. The van der Waals surface area contributed by atoms with Gasteiger partial charge in [-0.2, -0.15) is 0 Å². The van der Waals surface area contributed by atoms with Gasteiger partial charge in [0.05, 0.1) is 40.3 Å². The van der Waals surface area contributed by atoms with Gasteiger partial charge in [-0.3, -0.25) is 9.59 Å². The Morgan fingerprint density at radius 1 is 0.544 bits per heavy atom. The lowest BCUT2D eigenvalue weighted by atomic mass is 10.0. The van der Waals surface area contributed by atoms with Crippen LogP contribution in [-0.2, 0) is 28.6 Å². The molecular formula is C49H87NO7. The van der Waals surface area contributed by atoms with E-state index in [9.17, 15) is 19.5 Å². The standard InChI is InChI=1S/C49H87NO7/c1-6-8-10-12-14-16-18-20-22-23-24-25-26-28-29-31-33-35-37-39-47(51)56-44-45(43-55-42-41-46(49(53)54)50(3,4)5)57-48(52)40-38-36-34-32-30-27-21-19-17-15-13-11-9-7-2/h8,10,14,16,20,22,24-25,45-46H,6-7,9,11-13,15,17-19,21,23,26-44H2,1-5H3/b10-8+,16-14+,22-20+,25-24+. The molecule has 2 unspecified atom stereocenters. The van der Waals surface area contributed by atoms with E-state index in [4.69, 9.17) is 14.2 Å². The molecule has 0 aromatic rings. The number of rotatable bonds is 41. The Hall–Kier alpha value is -2.71. The maximum atomic E-state index is 12.7. The molecule has 2 atom stereocenters. The van der Waals surface area contributed by atoms with E-state index in [2.05, 4.69) is 62.5 Å². The number of ether oxygens (including phenoxy) is 3. The average molecular weight is 802 g/mol. The van der Waals surface area contributed by atoms with E-state index in [0.717, 1.165) is 77.0 Å². The van der Waals surface area contributed by atoms with Crippen molar-refractivity contribution in [1.82, 2.24) is 0 Å². The van der Waals surface area contributed by atoms with Crippen LogP contribution in [0.5, 0.6) is 0 Å². The number of carbonyl (C=O) groups excluding carboxylic acids is 3. The van der Waals surface area contributed by atoms with Crippen molar-refractivity contribution in [3.05, 3.63) is 48.6 Å². The van der Waals surface area contributed by atoms with Crippen LogP contribution >= 0.6 is 0 Å². The highest BCUT2D eigenvalue weighted by molar-refractivity contribution is 5.70. The van der Waals surface area contributed by atoms with E-state index in [1.807, 2.05) is 0 Å². The molecule has 0 rings (SSSR count).